The van der Waals surface area contributed by atoms with Gasteiger partial charge in [-0.2, -0.15) is 0 Å². The maximum absolute atomic E-state index is 13.1. The first-order valence-electron chi connectivity index (χ1n) is 8.09. The van der Waals surface area contributed by atoms with Crippen molar-refractivity contribution in [3.63, 3.8) is 0 Å². The number of carbonyl (C=O) groups excluding carboxylic acids is 2. The van der Waals surface area contributed by atoms with Crippen LogP contribution in [0.3, 0.4) is 0 Å². The van der Waals surface area contributed by atoms with Crippen LogP contribution in [0.2, 0.25) is 0 Å². The van der Waals surface area contributed by atoms with Gasteiger partial charge in [0.25, 0.3) is 0 Å². The second-order valence-electron chi connectivity index (χ2n) is 7.86. The van der Waals surface area contributed by atoms with Crippen LogP contribution >= 0.6 is 11.3 Å². The molecule has 0 saturated heterocycles. The van der Waals surface area contributed by atoms with E-state index in [4.69, 9.17) is 0 Å². The molecule has 0 aromatic carbocycles. The number of ketones is 2. The third kappa shape index (κ3) is 3.87. The topological polar surface area (TPSA) is 34.1 Å². The van der Waals surface area contributed by atoms with Gasteiger partial charge in [0.15, 0.2) is 5.78 Å². The number of thiophene rings is 1. The Morgan fingerprint density at radius 3 is 2.14 bits per heavy atom. The fourth-order valence-corrected chi connectivity index (χ4v) is 3.83. The number of Topliss-reactive ketones (excluding diaryl/α,β-unsaturated/α-hetero) is 2. The van der Waals surface area contributed by atoms with E-state index in [1.807, 2.05) is 20.8 Å². The van der Waals surface area contributed by atoms with E-state index in [0.29, 0.717) is 0 Å². The van der Waals surface area contributed by atoms with E-state index in [1.165, 1.54) is 4.88 Å². The molecule has 1 unspecified atom stereocenters. The third-order valence-corrected chi connectivity index (χ3v) is 6.23. The van der Waals surface area contributed by atoms with Gasteiger partial charge in [0.2, 0.25) is 0 Å². The first kappa shape index (κ1) is 19.1. The van der Waals surface area contributed by atoms with E-state index in [9.17, 15) is 9.59 Å². The highest BCUT2D eigenvalue weighted by Crippen LogP contribution is 2.39. The van der Waals surface area contributed by atoms with E-state index in [2.05, 4.69) is 33.8 Å². The molecule has 0 fully saturated rings. The first-order valence-corrected chi connectivity index (χ1v) is 8.90. The lowest BCUT2D eigenvalue weighted by atomic mass is 9.71. The highest BCUT2D eigenvalue weighted by Gasteiger charge is 2.39. The second kappa shape index (κ2) is 6.66. The third-order valence-electron chi connectivity index (χ3n) is 4.55. The molecule has 1 rings (SSSR count). The van der Waals surface area contributed by atoms with Crippen LogP contribution in [0.5, 0.6) is 0 Å². The average molecular weight is 325 g/mol. The lowest BCUT2D eigenvalue weighted by Gasteiger charge is -2.30. The summed E-state index contributed by atoms with van der Waals surface area (Å²) in [4.78, 5) is 27.2. The summed E-state index contributed by atoms with van der Waals surface area (Å²) in [6.45, 7) is 16.0. The summed E-state index contributed by atoms with van der Waals surface area (Å²) >= 11 is 1.60. The largest absolute Gasteiger partial charge is 0.299 e. The van der Waals surface area contributed by atoms with Crippen molar-refractivity contribution in [2.45, 2.75) is 73.6 Å². The van der Waals surface area contributed by atoms with Crippen molar-refractivity contribution in [2.75, 3.05) is 0 Å². The van der Waals surface area contributed by atoms with Crippen LogP contribution < -0.4 is 0 Å². The minimum atomic E-state index is -0.606. The monoisotopic (exact) mass is 324 g/mol. The maximum atomic E-state index is 13.1. The minimum Gasteiger partial charge on any atom is -0.299 e. The van der Waals surface area contributed by atoms with E-state index in [0.717, 1.165) is 23.3 Å². The van der Waals surface area contributed by atoms with Crippen molar-refractivity contribution in [1.82, 2.24) is 0 Å². The molecule has 0 N–H and O–H groups in total. The summed E-state index contributed by atoms with van der Waals surface area (Å²) in [5.74, 6) is -0.00947. The van der Waals surface area contributed by atoms with Crippen molar-refractivity contribution in [1.29, 1.82) is 0 Å². The lowest BCUT2D eigenvalue weighted by Crippen LogP contribution is -2.36. The van der Waals surface area contributed by atoms with E-state index in [1.54, 1.807) is 18.3 Å². The van der Waals surface area contributed by atoms with Gasteiger partial charge >= 0.3 is 0 Å². The van der Waals surface area contributed by atoms with Gasteiger partial charge in [-0.15, -0.1) is 11.3 Å². The van der Waals surface area contributed by atoms with Crippen LogP contribution in [0.1, 0.15) is 82.8 Å². The Balaban J connectivity index is 0.00000484. The second-order valence-corrected chi connectivity index (χ2v) is 8.91. The Bertz CT molecular complexity index is 564. The number of aryl methyl sites for hydroxylation is 1. The van der Waals surface area contributed by atoms with Crippen molar-refractivity contribution >= 4 is 22.9 Å². The molecular formula is C19H32O2S. The van der Waals surface area contributed by atoms with E-state index >= 15 is 0 Å². The van der Waals surface area contributed by atoms with Gasteiger partial charge in [-0.3, -0.25) is 9.59 Å². The average Bonchev–Trinajstić information content (AvgIpc) is 2.76. The van der Waals surface area contributed by atoms with Gasteiger partial charge in [0.1, 0.15) is 5.78 Å². The quantitative estimate of drug-likeness (QED) is 0.618. The van der Waals surface area contributed by atoms with Crippen LogP contribution in [-0.2, 0) is 10.2 Å². The fourth-order valence-electron chi connectivity index (χ4n) is 2.61. The summed E-state index contributed by atoms with van der Waals surface area (Å²) in [5, 5.41) is 0. The minimum absolute atomic E-state index is 0. The maximum Gasteiger partial charge on any atom is 0.177 e. The van der Waals surface area contributed by atoms with Crippen molar-refractivity contribution < 1.29 is 11.0 Å². The predicted octanol–water partition coefficient (Wildman–Crippen LogP) is 5.81. The zero-order valence-electron chi connectivity index (χ0n) is 15.3. The molecule has 3 heteroatoms. The molecule has 1 aromatic heterocycles. The van der Waals surface area contributed by atoms with Crippen molar-refractivity contribution in [3.05, 3.63) is 21.4 Å². The highest BCUT2D eigenvalue weighted by molar-refractivity contribution is 7.14. The van der Waals surface area contributed by atoms with Gasteiger partial charge in [-0.05, 0) is 37.3 Å². The normalized spacial score (nSPS) is 14.0. The van der Waals surface area contributed by atoms with Crippen LogP contribution in [0.4, 0.5) is 0 Å². The summed E-state index contributed by atoms with van der Waals surface area (Å²) < 4.78 is 0. The number of rotatable bonds is 6. The molecule has 1 heterocycles. The Labute approximate surface area is 140 Å². The molecule has 0 spiro atoms. The van der Waals surface area contributed by atoms with E-state index < -0.39 is 5.41 Å². The van der Waals surface area contributed by atoms with Gasteiger partial charge in [-0.25, -0.2) is 0 Å². The molecule has 0 aliphatic heterocycles. The Hall–Kier alpha value is -0.960. The first-order chi connectivity index (χ1) is 9.92. The van der Waals surface area contributed by atoms with Crippen molar-refractivity contribution in [3.8, 4) is 0 Å². The lowest BCUT2D eigenvalue weighted by molar-refractivity contribution is -0.126. The molecule has 0 amide bonds. The van der Waals surface area contributed by atoms with E-state index in [-0.39, 0.29) is 24.3 Å². The molecule has 22 heavy (non-hydrogen) atoms. The molecule has 0 aliphatic rings. The molecule has 1 aromatic rings. The van der Waals surface area contributed by atoms with Gasteiger partial charge in [0, 0.05) is 17.6 Å². The molecule has 0 bridgehead atoms. The summed E-state index contributed by atoms with van der Waals surface area (Å²) in [6, 6.07) is 2.13. The van der Waals surface area contributed by atoms with Crippen LogP contribution in [0.15, 0.2) is 6.07 Å². The number of carbonyl (C=O) groups is 2. The zero-order chi connectivity index (χ0) is 17.3. The SMILES string of the molecule is CCCC(C(=O)c1sc(C(C)(C)C)cc1C)C(C)(C)C(C)=O.[HH]. The van der Waals surface area contributed by atoms with Gasteiger partial charge in [-0.1, -0.05) is 48.0 Å². The standard InChI is InChI=1S/C19H30O2S.H2/c1-9-10-14(19(7,8)13(3)20)16(21)17-12(2)11-15(22-17)18(4,5)6;/h11,14H,9-10H2,1-8H3;1H. The molecule has 0 radical (unpaired) electrons. The molecule has 2 nitrogen and oxygen atoms in total. The molecule has 126 valence electrons. The number of hydrogen-bond donors (Lipinski definition) is 0. The van der Waals surface area contributed by atoms with Gasteiger partial charge in [0.05, 0.1) is 4.88 Å². The van der Waals surface area contributed by atoms with Gasteiger partial charge < -0.3 is 0 Å². The highest BCUT2D eigenvalue weighted by atomic mass is 32.1. The van der Waals surface area contributed by atoms with Crippen LogP contribution in [0, 0.1) is 18.3 Å². The molecule has 1 atom stereocenters. The molecule has 0 saturated carbocycles. The Morgan fingerprint density at radius 2 is 1.77 bits per heavy atom. The summed E-state index contributed by atoms with van der Waals surface area (Å²) in [6.07, 6.45) is 1.66. The molecular weight excluding hydrogens is 292 g/mol. The summed E-state index contributed by atoms with van der Waals surface area (Å²) in [5.41, 5.74) is 0.482. The smallest absolute Gasteiger partial charge is 0.177 e. The number of hydrogen-bond acceptors (Lipinski definition) is 3. The van der Waals surface area contributed by atoms with Crippen LogP contribution in [0.25, 0.3) is 0 Å². The Kier molecular flexibility index (Phi) is 5.77. The van der Waals surface area contributed by atoms with Crippen LogP contribution in [-0.4, -0.2) is 11.6 Å². The summed E-state index contributed by atoms with van der Waals surface area (Å²) in [7, 11) is 0. The Morgan fingerprint density at radius 1 is 1.23 bits per heavy atom. The predicted molar refractivity (Wildman–Crippen MR) is 97.1 cm³/mol. The molecule has 0 aliphatic carbocycles. The fraction of sp³-hybridized carbons (Fsp3) is 0.684. The van der Waals surface area contributed by atoms with Crippen molar-refractivity contribution in [2.24, 2.45) is 11.3 Å². The zero-order valence-corrected chi connectivity index (χ0v) is 16.1.